The molecule has 0 fully saturated rings. The molecule has 5 N–H and O–H groups in total. The number of carboxylic acids is 1. The quantitative estimate of drug-likeness (QED) is 0.412. The molecule has 0 amide bonds. The Morgan fingerprint density at radius 3 is 2.64 bits per heavy atom. The maximum absolute atomic E-state index is 10.7. The van der Waals surface area contributed by atoms with Crippen LogP contribution >= 0.6 is 0 Å². The minimum atomic E-state index is -1.04. The number of aromatic nitrogens is 2. The number of hydrogen-bond acceptors (Lipinski definition) is 8. The first-order valence-corrected chi connectivity index (χ1v) is 8.71. The summed E-state index contributed by atoms with van der Waals surface area (Å²) in [7, 11) is 1.55. The molecule has 0 unspecified atom stereocenters. The Labute approximate surface area is 162 Å². The number of aryl methyl sites for hydroxylation is 1. The highest BCUT2D eigenvalue weighted by Crippen LogP contribution is 2.27. The van der Waals surface area contributed by atoms with Crippen molar-refractivity contribution in [2.75, 3.05) is 31.8 Å². The molecule has 9 heteroatoms. The van der Waals surface area contributed by atoms with E-state index in [9.17, 15) is 4.79 Å². The summed E-state index contributed by atoms with van der Waals surface area (Å²) in [4.78, 5) is 18.8. The minimum absolute atomic E-state index is 0.116. The summed E-state index contributed by atoms with van der Waals surface area (Å²) in [5.41, 5.74) is 12.7. The molecule has 1 aromatic carbocycles. The van der Waals surface area contributed by atoms with E-state index in [2.05, 4.69) is 9.97 Å². The highest BCUT2D eigenvalue weighted by Gasteiger charge is 2.11. The van der Waals surface area contributed by atoms with Crippen LogP contribution in [0.3, 0.4) is 0 Å². The van der Waals surface area contributed by atoms with Gasteiger partial charge in [0.1, 0.15) is 11.5 Å². The Kier molecular flexibility index (Phi) is 7.44. The average molecular weight is 388 g/mol. The van der Waals surface area contributed by atoms with Gasteiger partial charge in [0.2, 0.25) is 5.95 Å². The maximum Gasteiger partial charge on any atom is 0.328 e. The molecule has 1 heterocycles. The van der Waals surface area contributed by atoms with E-state index in [-0.39, 0.29) is 11.8 Å². The van der Waals surface area contributed by atoms with Crippen LogP contribution in [0, 0.1) is 0 Å². The van der Waals surface area contributed by atoms with Crippen LogP contribution in [0.2, 0.25) is 0 Å². The van der Waals surface area contributed by atoms with E-state index >= 15 is 0 Å². The van der Waals surface area contributed by atoms with Gasteiger partial charge < -0.3 is 30.8 Å². The van der Waals surface area contributed by atoms with Crippen LogP contribution in [0.25, 0.3) is 6.08 Å². The lowest BCUT2D eigenvalue weighted by molar-refractivity contribution is -0.131. The molecule has 0 atom stereocenters. The number of nitrogen functional groups attached to an aromatic ring is 2. The highest BCUT2D eigenvalue weighted by atomic mass is 16.5. The normalized spacial score (nSPS) is 10.8. The van der Waals surface area contributed by atoms with Gasteiger partial charge in [0.15, 0.2) is 11.6 Å². The molecule has 150 valence electrons. The maximum atomic E-state index is 10.7. The van der Waals surface area contributed by atoms with Gasteiger partial charge in [-0.1, -0.05) is 6.92 Å². The Balaban J connectivity index is 1.96. The van der Waals surface area contributed by atoms with Gasteiger partial charge in [-0.15, -0.1) is 0 Å². The van der Waals surface area contributed by atoms with Crippen LogP contribution < -0.4 is 25.7 Å². The number of rotatable bonds is 10. The van der Waals surface area contributed by atoms with E-state index in [1.54, 1.807) is 25.3 Å². The first-order valence-electron chi connectivity index (χ1n) is 8.71. The van der Waals surface area contributed by atoms with E-state index in [1.807, 2.05) is 6.92 Å². The zero-order valence-electron chi connectivity index (χ0n) is 15.8. The van der Waals surface area contributed by atoms with Crippen molar-refractivity contribution in [3.63, 3.8) is 0 Å². The third-order valence-electron chi connectivity index (χ3n) is 3.73. The number of nitrogens with two attached hydrogens (primary N) is 2. The van der Waals surface area contributed by atoms with Crippen LogP contribution in [0.5, 0.6) is 17.2 Å². The van der Waals surface area contributed by atoms with Gasteiger partial charge in [-0.25, -0.2) is 9.78 Å². The highest BCUT2D eigenvalue weighted by molar-refractivity contribution is 5.86. The second kappa shape index (κ2) is 10.0. The molecule has 0 aliphatic rings. The summed E-state index contributed by atoms with van der Waals surface area (Å²) in [5.74, 6) is 0.845. The zero-order valence-corrected chi connectivity index (χ0v) is 15.8. The lowest BCUT2D eigenvalue weighted by atomic mass is 10.1. The van der Waals surface area contributed by atoms with E-state index in [4.69, 9.17) is 30.8 Å². The molecular weight excluding hydrogens is 364 g/mol. The summed E-state index contributed by atoms with van der Waals surface area (Å²) in [5, 5.41) is 8.81. The van der Waals surface area contributed by atoms with Crippen molar-refractivity contribution in [3.8, 4) is 17.2 Å². The molecule has 0 saturated carbocycles. The average Bonchev–Trinajstić information content (AvgIpc) is 2.67. The fraction of sp³-hybridized carbons (Fsp3) is 0.316. The standard InChI is InChI=1S/C19H24N4O5/c1-3-14-17(18(20)23-19(21)22-14)28-10-4-9-27-15-11-13(26-2)7-5-12(15)6-8-16(24)25/h5-8,11H,3-4,9-10H2,1-2H3,(H,24,25)(H4,20,21,22,23)/b8-6+. The molecule has 0 spiro atoms. The summed E-state index contributed by atoms with van der Waals surface area (Å²) in [6.45, 7) is 2.61. The van der Waals surface area contributed by atoms with Crippen molar-refractivity contribution in [1.29, 1.82) is 0 Å². The van der Waals surface area contributed by atoms with E-state index in [1.165, 1.54) is 6.08 Å². The summed E-state index contributed by atoms with van der Waals surface area (Å²) >= 11 is 0. The minimum Gasteiger partial charge on any atom is -0.497 e. The molecule has 0 aliphatic carbocycles. The van der Waals surface area contributed by atoms with Crippen molar-refractivity contribution in [2.45, 2.75) is 19.8 Å². The molecule has 2 aromatic rings. The van der Waals surface area contributed by atoms with Crippen LogP contribution in [-0.4, -0.2) is 41.4 Å². The Hall–Kier alpha value is -3.49. The number of hydrogen-bond donors (Lipinski definition) is 3. The van der Waals surface area contributed by atoms with E-state index in [0.29, 0.717) is 54.6 Å². The number of benzene rings is 1. The lowest BCUT2D eigenvalue weighted by Crippen LogP contribution is -2.11. The van der Waals surface area contributed by atoms with Gasteiger partial charge >= 0.3 is 5.97 Å². The second-order valence-corrected chi connectivity index (χ2v) is 5.72. The molecule has 1 aromatic heterocycles. The molecule has 0 radical (unpaired) electrons. The van der Waals surface area contributed by atoms with Gasteiger partial charge in [-0.2, -0.15) is 4.98 Å². The predicted molar refractivity (Wildman–Crippen MR) is 106 cm³/mol. The topological polar surface area (TPSA) is 143 Å². The van der Waals surface area contributed by atoms with E-state index < -0.39 is 5.97 Å². The Bertz CT molecular complexity index is 854. The summed E-state index contributed by atoms with van der Waals surface area (Å²) in [6, 6.07) is 5.15. The SMILES string of the molecule is CCc1nc(N)nc(N)c1OCCCOc1cc(OC)ccc1/C=C/C(=O)O. The Morgan fingerprint density at radius 1 is 1.21 bits per heavy atom. The van der Waals surface area contributed by atoms with Crippen LogP contribution in [-0.2, 0) is 11.2 Å². The molecule has 0 bridgehead atoms. The van der Waals surface area contributed by atoms with Gasteiger partial charge in [-0.05, 0) is 24.6 Å². The van der Waals surface area contributed by atoms with E-state index in [0.717, 1.165) is 6.08 Å². The van der Waals surface area contributed by atoms with Gasteiger partial charge in [0.25, 0.3) is 0 Å². The number of nitrogens with zero attached hydrogens (tertiary/aromatic N) is 2. The van der Waals surface area contributed by atoms with Crippen molar-refractivity contribution in [2.24, 2.45) is 0 Å². The fourth-order valence-corrected chi connectivity index (χ4v) is 2.41. The fourth-order valence-electron chi connectivity index (χ4n) is 2.41. The van der Waals surface area contributed by atoms with Crippen LogP contribution in [0.4, 0.5) is 11.8 Å². The number of carbonyl (C=O) groups is 1. The largest absolute Gasteiger partial charge is 0.497 e. The van der Waals surface area contributed by atoms with Crippen molar-refractivity contribution >= 4 is 23.8 Å². The van der Waals surface area contributed by atoms with Crippen molar-refractivity contribution < 1.29 is 24.1 Å². The van der Waals surface area contributed by atoms with Crippen molar-refractivity contribution in [1.82, 2.24) is 9.97 Å². The molecule has 28 heavy (non-hydrogen) atoms. The molecule has 2 rings (SSSR count). The molecule has 0 saturated heterocycles. The summed E-state index contributed by atoms with van der Waals surface area (Å²) in [6.07, 6.45) is 3.69. The number of methoxy groups -OCH3 is 1. The first-order chi connectivity index (χ1) is 13.4. The van der Waals surface area contributed by atoms with Crippen molar-refractivity contribution in [3.05, 3.63) is 35.5 Å². The number of ether oxygens (including phenoxy) is 3. The Morgan fingerprint density at radius 2 is 1.96 bits per heavy atom. The van der Waals surface area contributed by atoms with Gasteiger partial charge in [0, 0.05) is 24.1 Å². The van der Waals surface area contributed by atoms with Gasteiger partial charge in [-0.3, -0.25) is 0 Å². The second-order valence-electron chi connectivity index (χ2n) is 5.72. The number of anilines is 2. The van der Waals surface area contributed by atoms with Gasteiger partial charge in [0.05, 0.1) is 26.0 Å². The number of aliphatic carboxylic acids is 1. The lowest BCUT2D eigenvalue weighted by Gasteiger charge is -2.13. The van der Waals surface area contributed by atoms with Crippen LogP contribution in [0.1, 0.15) is 24.6 Å². The molecule has 9 nitrogen and oxygen atoms in total. The van der Waals surface area contributed by atoms with Crippen LogP contribution in [0.15, 0.2) is 24.3 Å². The number of carboxylic acid groups (broad SMARTS) is 1. The first kappa shape index (κ1) is 20.8. The third kappa shape index (κ3) is 5.76. The smallest absolute Gasteiger partial charge is 0.328 e. The predicted octanol–water partition coefficient (Wildman–Crippen LogP) is 2.16. The summed E-state index contributed by atoms with van der Waals surface area (Å²) < 4.78 is 16.7. The third-order valence-corrected chi connectivity index (χ3v) is 3.73. The zero-order chi connectivity index (χ0) is 20.5. The molecule has 0 aliphatic heterocycles. The monoisotopic (exact) mass is 388 g/mol. The molecular formula is C19H24N4O5.